The standard InChI is InChI=1S/C20H28N4O7S/c1-20(2,3)31-18(25)22-11-17-15-12-29-16-10-13(4-5-14(16)24(15)19(26)30-17)32(27,28)23-8-6-21-7-9-23/h4-5,10,15,17,21H,6-9,11-12H2,1-3H3,(H,22,25)/t15-,17+/m1/s1. The number of rotatable bonds is 4. The number of cyclic esters (lactones) is 1. The highest BCUT2D eigenvalue weighted by atomic mass is 32.2. The van der Waals surface area contributed by atoms with E-state index >= 15 is 0 Å². The Morgan fingerprint density at radius 3 is 2.69 bits per heavy atom. The fourth-order valence-electron chi connectivity index (χ4n) is 3.88. The average molecular weight is 469 g/mol. The van der Waals surface area contributed by atoms with Gasteiger partial charge in [0.1, 0.15) is 30.1 Å². The molecule has 12 heteroatoms. The molecule has 3 aliphatic heterocycles. The SMILES string of the molecule is CC(C)(C)OC(=O)NC[C@@H]1OC(=O)N2c3ccc(S(=O)(=O)N4CCNCC4)cc3OC[C@H]12. The van der Waals surface area contributed by atoms with E-state index in [1.807, 2.05) is 0 Å². The van der Waals surface area contributed by atoms with Crippen LogP contribution in [0.15, 0.2) is 23.1 Å². The monoisotopic (exact) mass is 468 g/mol. The highest BCUT2D eigenvalue weighted by Gasteiger charge is 2.47. The van der Waals surface area contributed by atoms with Crippen molar-refractivity contribution in [2.45, 2.75) is 43.4 Å². The minimum Gasteiger partial charge on any atom is -0.489 e. The summed E-state index contributed by atoms with van der Waals surface area (Å²) in [6.45, 7) is 7.43. The number of fused-ring (bicyclic) bond motifs is 3. The Hall–Kier alpha value is -2.57. The van der Waals surface area contributed by atoms with Crippen molar-refractivity contribution in [3.05, 3.63) is 18.2 Å². The van der Waals surface area contributed by atoms with Crippen molar-refractivity contribution >= 4 is 27.9 Å². The highest BCUT2D eigenvalue weighted by Crippen LogP contribution is 2.40. The van der Waals surface area contributed by atoms with E-state index in [4.69, 9.17) is 14.2 Å². The number of piperazine rings is 1. The van der Waals surface area contributed by atoms with Crippen molar-refractivity contribution in [3.8, 4) is 5.75 Å². The van der Waals surface area contributed by atoms with E-state index in [1.54, 1.807) is 26.8 Å². The highest BCUT2D eigenvalue weighted by molar-refractivity contribution is 7.89. The topological polar surface area (TPSA) is 127 Å². The maximum absolute atomic E-state index is 13.0. The fourth-order valence-corrected chi connectivity index (χ4v) is 5.34. The second-order valence-electron chi connectivity index (χ2n) is 8.84. The van der Waals surface area contributed by atoms with Crippen molar-refractivity contribution < 1.29 is 32.2 Å². The molecule has 176 valence electrons. The molecule has 3 heterocycles. The lowest BCUT2D eigenvalue weighted by atomic mass is 10.1. The lowest BCUT2D eigenvalue weighted by Gasteiger charge is -2.32. The first kappa shape index (κ1) is 22.6. The van der Waals surface area contributed by atoms with Crippen molar-refractivity contribution in [2.75, 3.05) is 44.2 Å². The van der Waals surface area contributed by atoms with E-state index in [-0.39, 0.29) is 18.0 Å². The maximum atomic E-state index is 13.0. The van der Waals surface area contributed by atoms with Crippen LogP contribution >= 0.6 is 0 Å². The van der Waals surface area contributed by atoms with Crippen molar-refractivity contribution in [1.82, 2.24) is 14.9 Å². The predicted octanol–water partition coefficient (Wildman–Crippen LogP) is 0.891. The van der Waals surface area contributed by atoms with Gasteiger partial charge in [0.25, 0.3) is 0 Å². The number of nitrogens with one attached hydrogen (secondary N) is 2. The summed E-state index contributed by atoms with van der Waals surface area (Å²) < 4.78 is 43.8. The molecule has 2 amide bonds. The van der Waals surface area contributed by atoms with Crippen LogP contribution in [0.3, 0.4) is 0 Å². The Morgan fingerprint density at radius 1 is 1.28 bits per heavy atom. The second-order valence-corrected chi connectivity index (χ2v) is 10.8. The molecule has 0 saturated carbocycles. The van der Waals surface area contributed by atoms with Crippen molar-refractivity contribution in [2.24, 2.45) is 0 Å². The number of ether oxygens (including phenoxy) is 3. The molecule has 0 spiro atoms. The van der Waals surface area contributed by atoms with Crippen LogP contribution in [-0.4, -0.2) is 82.0 Å². The van der Waals surface area contributed by atoms with Gasteiger partial charge in [0.2, 0.25) is 10.0 Å². The van der Waals surface area contributed by atoms with E-state index in [0.717, 1.165) is 0 Å². The Bertz CT molecular complexity index is 1000. The predicted molar refractivity (Wildman–Crippen MR) is 114 cm³/mol. The number of anilines is 1. The van der Waals surface area contributed by atoms with Gasteiger partial charge in [-0.15, -0.1) is 0 Å². The molecule has 2 N–H and O–H groups in total. The normalized spacial score (nSPS) is 23.6. The zero-order valence-electron chi connectivity index (χ0n) is 18.3. The molecule has 0 aliphatic carbocycles. The van der Waals surface area contributed by atoms with E-state index in [1.165, 1.54) is 21.3 Å². The van der Waals surface area contributed by atoms with Crippen LogP contribution in [0.4, 0.5) is 15.3 Å². The van der Waals surface area contributed by atoms with E-state index < -0.39 is 40.0 Å². The van der Waals surface area contributed by atoms with E-state index in [9.17, 15) is 18.0 Å². The van der Waals surface area contributed by atoms with Gasteiger partial charge in [0.05, 0.1) is 17.1 Å². The molecule has 32 heavy (non-hydrogen) atoms. The van der Waals surface area contributed by atoms with E-state index in [2.05, 4.69) is 10.6 Å². The van der Waals surface area contributed by atoms with Gasteiger partial charge in [-0.2, -0.15) is 4.31 Å². The van der Waals surface area contributed by atoms with Gasteiger partial charge in [-0.05, 0) is 32.9 Å². The summed E-state index contributed by atoms with van der Waals surface area (Å²) in [5.74, 6) is 0.301. The lowest BCUT2D eigenvalue weighted by molar-refractivity contribution is 0.0482. The third-order valence-electron chi connectivity index (χ3n) is 5.37. The minimum atomic E-state index is -3.66. The summed E-state index contributed by atoms with van der Waals surface area (Å²) in [5, 5.41) is 5.74. The third-order valence-corrected chi connectivity index (χ3v) is 7.26. The number of sulfonamides is 1. The number of alkyl carbamates (subject to hydrolysis) is 1. The smallest absolute Gasteiger partial charge is 0.415 e. The third kappa shape index (κ3) is 4.48. The van der Waals surface area contributed by atoms with Gasteiger partial charge in [-0.3, -0.25) is 4.90 Å². The molecular formula is C20H28N4O7S. The summed E-state index contributed by atoms with van der Waals surface area (Å²) in [5.41, 5.74) is -0.205. The first-order chi connectivity index (χ1) is 15.1. The number of nitrogens with zero attached hydrogens (tertiary/aromatic N) is 2. The molecule has 3 aliphatic rings. The van der Waals surface area contributed by atoms with Crippen LogP contribution < -0.4 is 20.3 Å². The fraction of sp³-hybridized carbons (Fsp3) is 0.600. The summed E-state index contributed by atoms with van der Waals surface area (Å²) >= 11 is 0. The van der Waals surface area contributed by atoms with Gasteiger partial charge < -0.3 is 24.8 Å². The summed E-state index contributed by atoms with van der Waals surface area (Å²) in [6.07, 6.45) is -1.81. The van der Waals surface area contributed by atoms with Crippen LogP contribution in [0.1, 0.15) is 20.8 Å². The first-order valence-corrected chi connectivity index (χ1v) is 11.9. The molecular weight excluding hydrogens is 440 g/mol. The molecule has 1 aromatic rings. The van der Waals surface area contributed by atoms with Crippen LogP contribution in [0.25, 0.3) is 0 Å². The van der Waals surface area contributed by atoms with Crippen LogP contribution in [0.5, 0.6) is 5.75 Å². The Kier molecular flexibility index (Phi) is 5.94. The average Bonchev–Trinajstić information content (AvgIpc) is 3.07. The molecule has 4 rings (SSSR count). The van der Waals surface area contributed by atoms with Gasteiger partial charge in [-0.25, -0.2) is 18.0 Å². The summed E-state index contributed by atoms with van der Waals surface area (Å²) in [6, 6.07) is 4.02. The zero-order valence-corrected chi connectivity index (χ0v) is 19.1. The van der Waals surface area contributed by atoms with Gasteiger partial charge >= 0.3 is 12.2 Å². The molecule has 0 aromatic heterocycles. The Morgan fingerprint density at radius 2 is 2.00 bits per heavy atom. The molecule has 2 atom stereocenters. The van der Waals surface area contributed by atoms with Gasteiger partial charge in [0.15, 0.2) is 0 Å². The van der Waals surface area contributed by atoms with Crippen molar-refractivity contribution in [1.29, 1.82) is 0 Å². The molecule has 2 saturated heterocycles. The number of amides is 2. The number of carbonyl (C=O) groups excluding carboxylic acids is 2. The number of hydrogen-bond donors (Lipinski definition) is 2. The zero-order chi connectivity index (χ0) is 23.1. The molecule has 0 radical (unpaired) electrons. The summed E-state index contributed by atoms with van der Waals surface area (Å²) in [4.78, 5) is 26.1. The molecule has 0 unspecified atom stereocenters. The van der Waals surface area contributed by atoms with Crippen LogP contribution in [0, 0.1) is 0 Å². The van der Waals surface area contributed by atoms with Crippen LogP contribution in [0.2, 0.25) is 0 Å². The van der Waals surface area contributed by atoms with Gasteiger partial charge in [0, 0.05) is 32.2 Å². The molecule has 11 nitrogen and oxygen atoms in total. The molecule has 0 bridgehead atoms. The first-order valence-electron chi connectivity index (χ1n) is 10.5. The quantitative estimate of drug-likeness (QED) is 0.667. The molecule has 2 fully saturated rings. The number of benzene rings is 1. The van der Waals surface area contributed by atoms with Crippen molar-refractivity contribution in [3.63, 3.8) is 0 Å². The Balaban J connectivity index is 1.48. The maximum Gasteiger partial charge on any atom is 0.415 e. The Labute approximate surface area is 187 Å². The summed E-state index contributed by atoms with van der Waals surface area (Å²) in [7, 11) is -3.66. The largest absolute Gasteiger partial charge is 0.489 e. The van der Waals surface area contributed by atoms with Crippen LogP contribution in [-0.2, 0) is 19.5 Å². The second kappa shape index (κ2) is 8.41. The molecule has 1 aromatic carbocycles. The lowest BCUT2D eigenvalue weighted by Crippen LogP contribution is -2.48. The number of hydrogen-bond acceptors (Lipinski definition) is 8. The minimum absolute atomic E-state index is 0.0654. The van der Waals surface area contributed by atoms with E-state index in [0.29, 0.717) is 37.6 Å². The van der Waals surface area contributed by atoms with Gasteiger partial charge in [-0.1, -0.05) is 0 Å². The number of carbonyl (C=O) groups is 2.